The number of furan rings is 1. The molecule has 0 spiro atoms. The van der Waals surface area contributed by atoms with Crippen molar-refractivity contribution < 1.29 is 13.9 Å². The van der Waals surface area contributed by atoms with E-state index in [1.807, 2.05) is 6.07 Å². The van der Waals surface area contributed by atoms with Crippen LogP contribution >= 0.6 is 0 Å². The SMILES string of the molecule is COCc1cc(C)n(CC(=O)N/N=C/c2ccc(-c3ccccc3C#N)o2)c(=O)c1C#N. The number of nitrogens with zero attached hydrogens (tertiary/aromatic N) is 4. The first-order chi connectivity index (χ1) is 15.5. The van der Waals surface area contributed by atoms with Crippen LogP contribution in [0.3, 0.4) is 0 Å². The molecule has 1 N–H and O–H groups in total. The topological polar surface area (TPSA) is 133 Å². The Morgan fingerprint density at radius 1 is 1.25 bits per heavy atom. The minimum Gasteiger partial charge on any atom is -0.455 e. The highest BCUT2D eigenvalue weighted by molar-refractivity contribution is 5.81. The molecule has 1 amide bonds. The van der Waals surface area contributed by atoms with Crippen molar-refractivity contribution >= 4 is 12.1 Å². The minimum absolute atomic E-state index is 0.0606. The van der Waals surface area contributed by atoms with Gasteiger partial charge in [0.2, 0.25) is 0 Å². The third kappa shape index (κ3) is 4.81. The van der Waals surface area contributed by atoms with Gasteiger partial charge in [-0.2, -0.15) is 15.6 Å². The van der Waals surface area contributed by atoms with E-state index in [1.54, 1.807) is 49.4 Å². The number of carbonyl (C=O) groups excluding carboxylic acids is 1. The molecule has 3 aromatic rings. The van der Waals surface area contributed by atoms with Gasteiger partial charge in [0.25, 0.3) is 11.5 Å². The number of nitriles is 2. The van der Waals surface area contributed by atoms with E-state index in [2.05, 4.69) is 16.6 Å². The lowest BCUT2D eigenvalue weighted by Gasteiger charge is -2.12. The van der Waals surface area contributed by atoms with Gasteiger partial charge in [-0.1, -0.05) is 12.1 Å². The molecule has 0 unspecified atom stereocenters. The first kappa shape index (κ1) is 22.2. The molecule has 0 atom stereocenters. The molecule has 32 heavy (non-hydrogen) atoms. The molecule has 160 valence electrons. The van der Waals surface area contributed by atoms with E-state index in [4.69, 9.17) is 9.15 Å². The van der Waals surface area contributed by atoms with Crippen molar-refractivity contribution in [2.45, 2.75) is 20.1 Å². The summed E-state index contributed by atoms with van der Waals surface area (Å²) in [5, 5.41) is 22.4. The number of aromatic nitrogens is 1. The quantitative estimate of drug-likeness (QED) is 0.453. The Bertz CT molecular complexity index is 1320. The summed E-state index contributed by atoms with van der Waals surface area (Å²) >= 11 is 0. The van der Waals surface area contributed by atoms with Crippen LogP contribution < -0.4 is 11.0 Å². The minimum atomic E-state index is -0.564. The molecular weight excluding hydrogens is 410 g/mol. The summed E-state index contributed by atoms with van der Waals surface area (Å²) in [5.41, 5.74) is 3.83. The van der Waals surface area contributed by atoms with Crippen LogP contribution in [0.2, 0.25) is 0 Å². The summed E-state index contributed by atoms with van der Waals surface area (Å²) in [7, 11) is 1.47. The fraction of sp³-hybridized carbons (Fsp3) is 0.174. The summed E-state index contributed by atoms with van der Waals surface area (Å²) < 4.78 is 11.9. The Hall–Kier alpha value is -4.47. The first-order valence-electron chi connectivity index (χ1n) is 9.52. The van der Waals surface area contributed by atoms with Crippen molar-refractivity contribution in [2.75, 3.05) is 7.11 Å². The Morgan fingerprint density at radius 2 is 2.03 bits per heavy atom. The monoisotopic (exact) mass is 429 g/mol. The number of hydrogen-bond acceptors (Lipinski definition) is 7. The zero-order valence-electron chi connectivity index (χ0n) is 17.5. The van der Waals surface area contributed by atoms with E-state index < -0.39 is 11.5 Å². The molecular formula is C23H19N5O4. The molecule has 9 nitrogen and oxygen atoms in total. The number of methoxy groups -OCH3 is 1. The number of nitrogens with one attached hydrogen (secondary N) is 1. The number of rotatable bonds is 7. The maximum Gasteiger partial charge on any atom is 0.269 e. The molecule has 2 heterocycles. The third-order valence-electron chi connectivity index (χ3n) is 4.62. The lowest BCUT2D eigenvalue weighted by Crippen LogP contribution is -2.33. The first-order valence-corrected chi connectivity index (χ1v) is 9.52. The summed E-state index contributed by atoms with van der Waals surface area (Å²) in [5.74, 6) is 0.325. The Morgan fingerprint density at radius 3 is 2.75 bits per heavy atom. The van der Waals surface area contributed by atoms with Crippen molar-refractivity contribution in [3.05, 3.63) is 81.0 Å². The van der Waals surface area contributed by atoms with Gasteiger partial charge in [-0.3, -0.25) is 9.59 Å². The van der Waals surface area contributed by atoms with Crippen LogP contribution in [-0.4, -0.2) is 23.8 Å². The number of hydrogen-bond donors (Lipinski definition) is 1. The predicted molar refractivity (Wildman–Crippen MR) is 115 cm³/mol. The fourth-order valence-corrected chi connectivity index (χ4v) is 3.13. The van der Waals surface area contributed by atoms with E-state index in [1.165, 1.54) is 17.9 Å². The summed E-state index contributed by atoms with van der Waals surface area (Å²) in [6, 6.07) is 16.0. The zero-order chi connectivity index (χ0) is 23.1. The maximum absolute atomic E-state index is 12.6. The molecule has 2 aromatic heterocycles. The van der Waals surface area contributed by atoms with Crippen LogP contribution in [0.4, 0.5) is 0 Å². The summed E-state index contributed by atoms with van der Waals surface area (Å²) in [6.07, 6.45) is 1.31. The standard InChI is InChI=1S/C23H19N5O4/c1-15-9-17(14-31-2)20(11-25)23(30)28(15)13-22(29)27-26-12-18-7-8-21(32-18)19-6-4-3-5-16(19)10-24/h3-9,12H,13-14H2,1-2H3,(H,27,29)/b26-12+. The number of carbonyl (C=O) groups is 1. The summed E-state index contributed by atoms with van der Waals surface area (Å²) in [6.45, 7) is 1.49. The molecule has 0 aliphatic carbocycles. The average Bonchev–Trinajstić information content (AvgIpc) is 3.25. The van der Waals surface area contributed by atoms with E-state index in [9.17, 15) is 20.1 Å². The van der Waals surface area contributed by atoms with E-state index in [0.717, 1.165) is 0 Å². The lowest BCUT2D eigenvalue weighted by molar-refractivity contribution is -0.121. The van der Waals surface area contributed by atoms with Crippen molar-refractivity contribution in [2.24, 2.45) is 5.10 Å². The highest BCUT2D eigenvalue weighted by Crippen LogP contribution is 2.24. The third-order valence-corrected chi connectivity index (χ3v) is 4.62. The smallest absolute Gasteiger partial charge is 0.269 e. The second-order valence-corrected chi connectivity index (χ2v) is 6.77. The highest BCUT2D eigenvalue weighted by atomic mass is 16.5. The zero-order valence-corrected chi connectivity index (χ0v) is 17.5. The lowest BCUT2D eigenvalue weighted by atomic mass is 10.1. The largest absolute Gasteiger partial charge is 0.455 e. The van der Waals surface area contributed by atoms with E-state index in [-0.39, 0.29) is 18.7 Å². The molecule has 0 fully saturated rings. The second kappa shape index (κ2) is 10.0. The van der Waals surface area contributed by atoms with Crippen LogP contribution in [0, 0.1) is 29.6 Å². The van der Waals surface area contributed by atoms with Crippen molar-refractivity contribution in [3.8, 4) is 23.5 Å². The molecule has 0 aliphatic rings. The van der Waals surface area contributed by atoms with Crippen LogP contribution in [0.25, 0.3) is 11.3 Å². The van der Waals surface area contributed by atoms with Crippen molar-refractivity contribution in [1.29, 1.82) is 10.5 Å². The van der Waals surface area contributed by atoms with Gasteiger partial charge < -0.3 is 13.7 Å². The molecule has 1 aromatic carbocycles. The van der Waals surface area contributed by atoms with Gasteiger partial charge in [0.05, 0.1) is 24.5 Å². The van der Waals surface area contributed by atoms with Gasteiger partial charge in [-0.05, 0) is 37.3 Å². The summed E-state index contributed by atoms with van der Waals surface area (Å²) in [4.78, 5) is 24.8. The van der Waals surface area contributed by atoms with Crippen molar-refractivity contribution in [1.82, 2.24) is 9.99 Å². The molecule has 9 heteroatoms. The second-order valence-electron chi connectivity index (χ2n) is 6.77. The van der Waals surface area contributed by atoms with Crippen LogP contribution in [-0.2, 0) is 22.7 Å². The van der Waals surface area contributed by atoms with Gasteiger partial charge in [0.15, 0.2) is 0 Å². The number of aryl methyl sites for hydroxylation is 1. The molecule has 0 radical (unpaired) electrons. The van der Waals surface area contributed by atoms with Gasteiger partial charge >= 0.3 is 0 Å². The number of benzene rings is 1. The van der Waals surface area contributed by atoms with Gasteiger partial charge in [0.1, 0.15) is 29.7 Å². The van der Waals surface area contributed by atoms with Crippen LogP contribution in [0.1, 0.15) is 28.1 Å². The van der Waals surface area contributed by atoms with Gasteiger partial charge in [0, 0.05) is 23.9 Å². The molecule has 0 aliphatic heterocycles. The van der Waals surface area contributed by atoms with Crippen molar-refractivity contribution in [3.63, 3.8) is 0 Å². The maximum atomic E-state index is 12.6. The normalized spacial score (nSPS) is 10.6. The number of ether oxygens (including phenoxy) is 1. The molecule has 3 rings (SSSR count). The average molecular weight is 429 g/mol. The highest BCUT2D eigenvalue weighted by Gasteiger charge is 2.15. The Balaban J connectivity index is 1.70. The van der Waals surface area contributed by atoms with Gasteiger partial charge in [-0.25, -0.2) is 5.43 Å². The Labute approximate surface area is 183 Å². The number of hydrazone groups is 1. The fourth-order valence-electron chi connectivity index (χ4n) is 3.13. The van der Waals surface area contributed by atoms with E-state index >= 15 is 0 Å². The number of pyridine rings is 1. The number of amides is 1. The van der Waals surface area contributed by atoms with E-state index in [0.29, 0.717) is 33.9 Å². The Kier molecular flexibility index (Phi) is 6.96. The van der Waals surface area contributed by atoms with Gasteiger partial charge in [-0.15, -0.1) is 0 Å². The van der Waals surface area contributed by atoms with Crippen LogP contribution in [0.5, 0.6) is 0 Å². The molecule has 0 saturated carbocycles. The molecule has 0 saturated heterocycles. The van der Waals surface area contributed by atoms with Crippen LogP contribution in [0.15, 0.2) is 56.8 Å². The predicted octanol–water partition coefficient (Wildman–Crippen LogP) is 2.46. The molecule has 0 bridgehead atoms.